The minimum atomic E-state index is -0.960. The molecule has 0 spiro atoms. The smallest absolute Gasteiger partial charge is 0.326 e. The highest BCUT2D eigenvalue weighted by Crippen LogP contribution is 2.14. The van der Waals surface area contributed by atoms with Gasteiger partial charge in [0.15, 0.2) is 5.82 Å². The summed E-state index contributed by atoms with van der Waals surface area (Å²) in [5.41, 5.74) is 0.927. The van der Waals surface area contributed by atoms with E-state index in [2.05, 4.69) is 15.5 Å². The minimum Gasteiger partial charge on any atom is -0.480 e. The van der Waals surface area contributed by atoms with Crippen LogP contribution in [-0.4, -0.2) is 27.3 Å². The maximum absolute atomic E-state index is 11.3. The quantitative estimate of drug-likeness (QED) is 0.841. The molecular formula is C14H17N3O3. The highest BCUT2D eigenvalue weighted by atomic mass is 16.5. The van der Waals surface area contributed by atoms with Crippen molar-refractivity contribution in [2.24, 2.45) is 0 Å². The molecule has 0 saturated carbocycles. The Labute approximate surface area is 116 Å². The fourth-order valence-electron chi connectivity index (χ4n) is 1.73. The Morgan fingerprint density at radius 3 is 2.60 bits per heavy atom. The standard InChI is InChI=1S/C14H17N3O3/c1-9(2)12-16-14(20-17-12)15-11(13(18)19)8-10-6-4-3-5-7-10/h3-7,9,11H,8H2,1-2H3,(H,18,19)(H,15,16,17)/t11-/m1/s1. The third kappa shape index (κ3) is 3.57. The first-order valence-electron chi connectivity index (χ1n) is 6.43. The number of benzene rings is 1. The van der Waals surface area contributed by atoms with E-state index in [1.807, 2.05) is 44.2 Å². The highest BCUT2D eigenvalue weighted by Gasteiger charge is 2.21. The van der Waals surface area contributed by atoms with Crippen molar-refractivity contribution in [1.82, 2.24) is 10.1 Å². The SMILES string of the molecule is CC(C)c1noc(N[C@H](Cc2ccccc2)C(=O)O)n1. The molecule has 1 aromatic heterocycles. The Morgan fingerprint density at radius 1 is 1.35 bits per heavy atom. The number of nitrogens with one attached hydrogen (secondary N) is 1. The number of carboxylic acid groups (broad SMARTS) is 1. The summed E-state index contributed by atoms with van der Waals surface area (Å²) in [4.78, 5) is 15.4. The van der Waals surface area contributed by atoms with Crippen LogP contribution in [0.3, 0.4) is 0 Å². The average molecular weight is 275 g/mol. The fourth-order valence-corrected chi connectivity index (χ4v) is 1.73. The summed E-state index contributed by atoms with van der Waals surface area (Å²) in [6.07, 6.45) is 0.343. The van der Waals surface area contributed by atoms with Crippen molar-refractivity contribution in [2.45, 2.75) is 32.2 Å². The Balaban J connectivity index is 2.07. The topological polar surface area (TPSA) is 88.2 Å². The van der Waals surface area contributed by atoms with E-state index in [-0.39, 0.29) is 11.9 Å². The van der Waals surface area contributed by atoms with Gasteiger partial charge in [-0.15, -0.1) is 0 Å². The van der Waals surface area contributed by atoms with E-state index >= 15 is 0 Å². The predicted molar refractivity (Wildman–Crippen MR) is 73.6 cm³/mol. The minimum absolute atomic E-state index is 0.131. The third-order valence-electron chi connectivity index (χ3n) is 2.84. The van der Waals surface area contributed by atoms with Crippen LogP contribution in [0, 0.1) is 0 Å². The molecule has 6 heteroatoms. The number of hydrogen-bond acceptors (Lipinski definition) is 5. The second-order valence-corrected chi connectivity index (χ2v) is 4.84. The van der Waals surface area contributed by atoms with E-state index in [1.54, 1.807) is 0 Å². The monoisotopic (exact) mass is 275 g/mol. The zero-order valence-electron chi connectivity index (χ0n) is 11.4. The van der Waals surface area contributed by atoms with Gasteiger partial charge in [0.1, 0.15) is 6.04 Å². The van der Waals surface area contributed by atoms with Gasteiger partial charge in [-0.3, -0.25) is 0 Å². The third-order valence-corrected chi connectivity index (χ3v) is 2.84. The molecule has 0 unspecified atom stereocenters. The molecule has 2 aromatic rings. The molecule has 0 fully saturated rings. The first-order valence-corrected chi connectivity index (χ1v) is 6.43. The van der Waals surface area contributed by atoms with Gasteiger partial charge in [0, 0.05) is 12.3 Å². The molecule has 20 heavy (non-hydrogen) atoms. The normalized spacial score (nSPS) is 12.3. The molecule has 2 rings (SSSR count). The maximum atomic E-state index is 11.3. The van der Waals surface area contributed by atoms with Gasteiger partial charge in [-0.05, 0) is 5.56 Å². The summed E-state index contributed by atoms with van der Waals surface area (Å²) in [6.45, 7) is 3.88. The van der Waals surface area contributed by atoms with Crippen LogP contribution in [0.2, 0.25) is 0 Å². The molecular weight excluding hydrogens is 258 g/mol. The number of anilines is 1. The van der Waals surface area contributed by atoms with Crippen LogP contribution in [0.4, 0.5) is 6.01 Å². The molecule has 1 aromatic carbocycles. The van der Waals surface area contributed by atoms with Crippen molar-refractivity contribution in [3.63, 3.8) is 0 Å². The lowest BCUT2D eigenvalue weighted by atomic mass is 10.1. The number of nitrogens with zero attached hydrogens (tertiary/aromatic N) is 2. The molecule has 0 aliphatic carbocycles. The Hall–Kier alpha value is -2.37. The second kappa shape index (κ2) is 6.18. The summed E-state index contributed by atoms with van der Waals surface area (Å²) in [5, 5.41) is 15.8. The Kier molecular flexibility index (Phi) is 4.34. The predicted octanol–water partition coefficient (Wildman–Crippen LogP) is 2.30. The molecule has 1 atom stereocenters. The number of aromatic nitrogens is 2. The maximum Gasteiger partial charge on any atom is 0.326 e. The Morgan fingerprint density at radius 2 is 2.05 bits per heavy atom. The van der Waals surface area contributed by atoms with Crippen LogP contribution in [0.5, 0.6) is 0 Å². The van der Waals surface area contributed by atoms with Gasteiger partial charge < -0.3 is 14.9 Å². The van der Waals surface area contributed by atoms with Crippen molar-refractivity contribution in [3.8, 4) is 0 Å². The average Bonchev–Trinajstić information content (AvgIpc) is 2.88. The van der Waals surface area contributed by atoms with Crippen molar-refractivity contribution >= 4 is 12.0 Å². The van der Waals surface area contributed by atoms with Crippen LogP contribution in [-0.2, 0) is 11.2 Å². The molecule has 0 aliphatic rings. The van der Waals surface area contributed by atoms with Gasteiger partial charge in [0.2, 0.25) is 0 Å². The lowest BCUT2D eigenvalue weighted by Crippen LogP contribution is -2.31. The van der Waals surface area contributed by atoms with E-state index < -0.39 is 12.0 Å². The van der Waals surface area contributed by atoms with E-state index in [1.165, 1.54) is 0 Å². The largest absolute Gasteiger partial charge is 0.480 e. The molecule has 0 saturated heterocycles. The van der Waals surface area contributed by atoms with E-state index in [4.69, 9.17) is 4.52 Å². The van der Waals surface area contributed by atoms with Crippen LogP contribution in [0.25, 0.3) is 0 Å². The van der Waals surface area contributed by atoms with Crippen LogP contribution >= 0.6 is 0 Å². The zero-order valence-corrected chi connectivity index (χ0v) is 11.4. The van der Waals surface area contributed by atoms with Gasteiger partial charge in [-0.2, -0.15) is 4.98 Å². The molecule has 6 nitrogen and oxygen atoms in total. The summed E-state index contributed by atoms with van der Waals surface area (Å²) >= 11 is 0. The molecule has 2 N–H and O–H groups in total. The summed E-state index contributed by atoms with van der Waals surface area (Å²) in [5.74, 6) is -0.277. The molecule has 0 bridgehead atoms. The number of hydrogen-bond donors (Lipinski definition) is 2. The first-order chi connectivity index (χ1) is 9.56. The summed E-state index contributed by atoms with van der Waals surface area (Å²) in [7, 11) is 0. The lowest BCUT2D eigenvalue weighted by molar-refractivity contribution is -0.137. The fraction of sp³-hybridized carbons (Fsp3) is 0.357. The van der Waals surface area contributed by atoms with Crippen molar-refractivity contribution in [1.29, 1.82) is 0 Å². The van der Waals surface area contributed by atoms with E-state index in [0.717, 1.165) is 5.56 Å². The van der Waals surface area contributed by atoms with Crippen LogP contribution < -0.4 is 5.32 Å². The molecule has 106 valence electrons. The van der Waals surface area contributed by atoms with E-state index in [9.17, 15) is 9.90 Å². The van der Waals surface area contributed by atoms with Gasteiger partial charge in [-0.1, -0.05) is 49.3 Å². The van der Waals surface area contributed by atoms with Gasteiger partial charge >= 0.3 is 12.0 Å². The number of carboxylic acids is 1. The van der Waals surface area contributed by atoms with Gasteiger partial charge in [0.25, 0.3) is 0 Å². The first kappa shape index (κ1) is 14.0. The van der Waals surface area contributed by atoms with Crippen LogP contribution in [0.15, 0.2) is 34.9 Å². The van der Waals surface area contributed by atoms with Crippen molar-refractivity contribution in [2.75, 3.05) is 5.32 Å². The summed E-state index contributed by atoms with van der Waals surface area (Å²) in [6, 6.07) is 8.72. The lowest BCUT2D eigenvalue weighted by Gasteiger charge is -2.12. The van der Waals surface area contributed by atoms with Crippen molar-refractivity contribution < 1.29 is 14.4 Å². The molecule has 0 radical (unpaired) electrons. The highest BCUT2D eigenvalue weighted by molar-refractivity contribution is 5.76. The van der Waals surface area contributed by atoms with E-state index in [0.29, 0.717) is 12.2 Å². The van der Waals surface area contributed by atoms with Gasteiger partial charge in [-0.25, -0.2) is 4.79 Å². The Bertz CT molecular complexity index is 566. The van der Waals surface area contributed by atoms with Crippen LogP contribution in [0.1, 0.15) is 31.2 Å². The van der Waals surface area contributed by atoms with Gasteiger partial charge in [0.05, 0.1) is 0 Å². The zero-order chi connectivity index (χ0) is 14.5. The second-order valence-electron chi connectivity index (χ2n) is 4.84. The number of rotatable bonds is 6. The summed E-state index contributed by atoms with van der Waals surface area (Å²) < 4.78 is 5.01. The molecule has 1 heterocycles. The number of carbonyl (C=O) groups is 1. The van der Waals surface area contributed by atoms with Crippen molar-refractivity contribution in [3.05, 3.63) is 41.7 Å². The number of aliphatic carboxylic acids is 1. The molecule has 0 aliphatic heterocycles. The molecule has 0 amide bonds.